The number of anilines is 2. The van der Waals surface area contributed by atoms with E-state index in [-0.39, 0.29) is 22.8 Å². The van der Waals surface area contributed by atoms with E-state index in [2.05, 4.69) is 10.6 Å². The number of primary sulfonamides is 1. The first-order valence-corrected chi connectivity index (χ1v) is 12.9. The number of nitrogens with two attached hydrogens (primary N) is 1. The first-order valence-electron chi connectivity index (χ1n) is 11.3. The standard InChI is InChI=1S/C27H33N3O4S/c1-18-11-14-23(19(2)26(18)34-17-20-9-7-6-8-10-20)29-16-25(31)30-24-15-21(35(28,32)33)12-13-22(24)27(3,4)5/h6-15,29H,16-17H2,1-5H3,(H,30,31)(H2,28,32,33). The number of rotatable bonds is 8. The van der Waals surface area contributed by atoms with Crippen LogP contribution in [0.2, 0.25) is 0 Å². The van der Waals surface area contributed by atoms with E-state index in [9.17, 15) is 13.2 Å². The lowest BCUT2D eigenvalue weighted by atomic mass is 9.86. The van der Waals surface area contributed by atoms with Crippen LogP contribution in [0, 0.1) is 13.8 Å². The lowest BCUT2D eigenvalue weighted by Crippen LogP contribution is -2.25. The van der Waals surface area contributed by atoms with Crippen molar-refractivity contribution in [1.82, 2.24) is 0 Å². The molecule has 4 N–H and O–H groups in total. The van der Waals surface area contributed by atoms with Gasteiger partial charge in [-0.3, -0.25) is 4.79 Å². The molecular formula is C27H33N3O4S. The minimum absolute atomic E-state index is 0.00872. The van der Waals surface area contributed by atoms with Gasteiger partial charge in [0.1, 0.15) is 12.4 Å². The Hall–Kier alpha value is -3.36. The van der Waals surface area contributed by atoms with Crippen LogP contribution in [0.15, 0.2) is 65.6 Å². The SMILES string of the molecule is Cc1ccc(NCC(=O)Nc2cc(S(N)(=O)=O)ccc2C(C)(C)C)c(C)c1OCc1ccccc1. The highest BCUT2D eigenvalue weighted by Gasteiger charge is 2.21. The smallest absolute Gasteiger partial charge is 0.243 e. The van der Waals surface area contributed by atoms with Crippen molar-refractivity contribution in [3.05, 3.63) is 82.9 Å². The van der Waals surface area contributed by atoms with Crippen molar-refractivity contribution in [2.24, 2.45) is 5.14 Å². The molecule has 0 bridgehead atoms. The average Bonchev–Trinajstić information content (AvgIpc) is 2.78. The molecule has 0 aliphatic heterocycles. The highest BCUT2D eigenvalue weighted by Crippen LogP contribution is 2.32. The molecule has 0 aromatic heterocycles. The zero-order chi connectivity index (χ0) is 25.8. The van der Waals surface area contributed by atoms with E-state index in [1.165, 1.54) is 12.1 Å². The van der Waals surface area contributed by atoms with Gasteiger partial charge in [0.2, 0.25) is 15.9 Å². The summed E-state index contributed by atoms with van der Waals surface area (Å²) in [7, 11) is -3.90. The number of hydrogen-bond donors (Lipinski definition) is 3. The summed E-state index contributed by atoms with van der Waals surface area (Å²) in [6.45, 7) is 10.3. The molecule has 7 nitrogen and oxygen atoms in total. The topological polar surface area (TPSA) is 111 Å². The molecule has 1 amide bonds. The number of nitrogens with one attached hydrogen (secondary N) is 2. The van der Waals surface area contributed by atoms with Crippen LogP contribution >= 0.6 is 0 Å². The maximum absolute atomic E-state index is 12.8. The van der Waals surface area contributed by atoms with Crippen LogP contribution in [0.4, 0.5) is 11.4 Å². The van der Waals surface area contributed by atoms with Crippen molar-refractivity contribution in [3.8, 4) is 5.75 Å². The number of carbonyl (C=O) groups is 1. The van der Waals surface area contributed by atoms with E-state index in [1.807, 2.05) is 77.1 Å². The molecule has 0 fully saturated rings. The molecule has 0 radical (unpaired) electrons. The van der Waals surface area contributed by atoms with E-state index < -0.39 is 10.0 Å². The predicted octanol–water partition coefficient (Wildman–Crippen LogP) is 4.88. The van der Waals surface area contributed by atoms with E-state index in [0.717, 1.165) is 33.7 Å². The molecule has 3 rings (SSSR count). The Morgan fingerprint density at radius 1 is 0.971 bits per heavy atom. The van der Waals surface area contributed by atoms with Crippen LogP contribution in [0.5, 0.6) is 5.75 Å². The van der Waals surface area contributed by atoms with Gasteiger partial charge in [0, 0.05) is 16.9 Å². The molecule has 35 heavy (non-hydrogen) atoms. The van der Waals surface area contributed by atoms with Crippen LogP contribution in [-0.4, -0.2) is 20.9 Å². The summed E-state index contributed by atoms with van der Waals surface area (Å²) in [6, 6.07) is 18.3. The fourth-order valence-electron chi connectivity index (χ4n) is 3.80. The molecular weight excluding hydrogens is 462 g/mol. The Labute approximate surface area is 207 Å². The average molecular weight is 496 g/mol. The second-order valence-electron chi connectivity index (χ2n) is 9.56. The molecule has 3 aromatic carbocycles. The van der Waals surface area contributed by atoms with Gasteiger partial charge in [-0.15, -0.1) is 0 Å². The largest absolute Gasteiger partial charge is 0.488 e. The second-order valence-corrected chi connectivity index (χ2v) is 11.1. The normalized spacial score (nSPS) is 11.7. The maximum Gasteiger partial charge on any atom is 0.243 e. The van der Waals surface area contributed by atoms with Crippen molar-refractivity contribution in [2.75, 3.05) is 17.2 Å². The Kier molecular flexibility index (Phi) is 7.87. The van der Waals surface area contributed by atoms with Gasteiger partial charge in [0.05, 0.1) is 11.4 Å². The van der Waals surface area contributed by atoms with Gasteiger partial charge in [0.15, 0.2) is 0 Å². The van der Waals surface area contributed by atoms with Crippen LogP contribution in [-0.2, 0) is 26.8 Å². The number of amides is 1. The number of sulfonamides is 1. The van der Waals surface area contributed by atoms with Gasteiger partial charge >= 0.3 is 0 Å². The van der Waals surface area contributed by atoms with Crippen LogP contribution in [0.1, 0.15) is 43.0 Å². The summed E-state index contributed by atoms with van der Waals surface area (Å²) in [4.78, 5) is 12.8. The third-order valence-electron chi connectivity index (χ3n) is 5.67. The fourth-order valence-corrected chi connectivity index (χ4v) is 4.34. The summed E-state index contributed by atoms with van der Waals surface area (Å²) in [5.41, 5.74) is 4.67. The Morgan fingerprint density at radius 2 is 1.66 bits per heavy atom. The van der Waals surface area contributed by atoms with Crippen molar-refractivity contribution in [3.63, 3.8) is 0 Å². The first kappa shape index (κ1) is 26.2. The summed E-state index contributed by atoms with van der Waals surface area (Å²) in [5.74, 6) is 0.462. The van der Waals surface area contributed by atoms with Gasteiger partial charge in [-0.05, 0) is 54.2 Å². The molecule has 0 aliphatic rings. The van der Waals surface area contributed by atoms with Crippen LogP contribution in [0.25, 0.3) is 0 Å². The monoisotopic (exact) mass is 495 g/mol. The lowest BCUT2D eigenvalue weighted by molar-refractivity contribution is -0.114. The minimum atomic E-state index is -3.90. The fraction of sp³-hybridized carbons (Fsp3) is 0.296. The number of hydrogen-bond acceptors (Lipinski definition) is 5. The van der Waals surface area contributed by atoms with E-state index in [0.29, 0.717) is 12.3 Å². The summed E-state index contributed by atoms with van der Waals surface area (Å²) in [5, 5.41) is 11.3. The Bertz CT molecular complexity index is 1310. The summed E-state index contributed by atoms with van der Waals surface area (Å²) in [6.07, 6.45) is 0. The highest BCUT2D eigenvalue weighted by atomic mass is 32.2. The van der Waals surface area contributed by atoms with Gasteiger partial charge in [0.25, 0.3) is 0 Å². The van der Waals surface area contributed by atoms with Crippen molar-refractivity contribution in [1.29, 1.82) is 0 Å². The molecule has 0 saturated carbocycles. The van der Waals surface area contributed by atoms with Gasteiger partial charge in [-0.2, -0.15) is 0 Å². The van der Waals surface area contributed by atoms with Crippen LogP contribution < -0.4 is 20.5 Å². The van der Waals surface area contributed by atoms with Gasteiger partial charge in [-0.1, -0.05) is 63.2 Å². The molecule has 186 valence electrons. The summed E-state index contributed by atoms with van der Waals surface area (Å²) < 4.78 is 29.7. The molecule has 0 saturated heterocycles. The molecule has 8 heteroatoms. The number of ether oxygens (including phenoxy) is 1. The maximum atomic E-state index is 12.8. The first-order chi connectivity index (χ1) is 16.4. The molecule has 0 unspecified atom stereocenters. The van der Waals surface area contributed by atoms with Crippen molar-refractivity contribution in [2.45, 2.75) is 51.5 Å². The predicted molar refractivity (Wildman–Crippen MR) is 140 cm³/mol. The second kappa shape index (κ2) is 10.5. The lowest BCUT2D eigenvalue weighted by Gasteiger charge is -2.24. The van der Waals surface area contributed by atoms with E-state index in [4.69, 9.17) is 9.88 Å². The van der Waals surface area contributed by atoms with Crippen molar-refractivity contribution >= 4 is 27.3 Å². The Morgan fingerprint density at radius 3 is 2.29 bits per heavy atom. The van der Waals surface area contributed by atoms with Crippen molar-refractivity contribution < 1.29 is 17.9 Å². The van der Waals surface area contributed by atoms with Crippen LogP contribution in [0.3, 0.4) is 0 Å². The number of carbonyl (C=O) groups excluding carboxylic acids is 1. The number of aryl methyl sites for hydroxylation is 1. The minimum Gasteiger partial charge on any atom is -0.488 e. The molecule has 3 aromatic rings. The quantitative estimate of drug-likeness (QED) is 0.413. The third-order valence-corrected chi connectivity index (χ3v) is 6.58. The number of benzene rings is 3. The Balaban J connectivity index is 1.74. The molecule has 0 atom stereocenters. The zero-order valence-corrected chi connectivity index (χ0v) is 21.6. The molecule has 0 aliphatic carbocycles. The molecule has 0 spiro atoms. The highest BCUT2D eigenvalue weighted by molar-refractivity contribution is 7.89. The zero-order valence-electron chi connectivity index (χ0n) is 20.8. The molecule has 0 heterocycles. The van der Waals surface area contributed by atoms with E-state index >= 15 is 0 Å². The van der Waals surface area contributed by atoms with Gasteiger partial charge in [-0.25, -0.2) is 13.6 Å². The summed E-state index contributed by atoms with van der Waals surface area (Å²) >= 11 is 0. The third kappa shape index (κ3) is 6.83. The van der Waals surface area contributed by atoms with Gasteiger partial charge < -0.3 is 15.4 Å². The van der Waals surface area contributed by atoms with E-state index in [1.54, 1.807) is 6.07 Å².